The number of nitrogens with zero attached hydrogens (tertiary/aromatic N) is 1. The number of amides is 4. The number of benzene rings is 2. The number of hydrogen-bond acceptors (Lipinski definition) is 3. The van der Waals surface area contributed by atoms with Crippen LogP contribution in [0.1, 0.15) is 31.4 Å². The van der Waals surface area contributed by atoms with E-state index in [1.54, 1.807) is 0 Å². The number of urea groups is 1. The molecule has 0 saturated carbocycles. The van der Waals surface area contributed by atoms with Gasteiger partial charge in [-0.25, -0.2) is 4.79 Å². The van der Waals surface area contributed by atoms with E-state index < -0.39 is 17.5 Å². The summed E-state index contributed by atoms with van der Waals surface area (Å²) in [7, 11) is 0. The van der Waals surface area contributed by atoms with Crippen LogP contribution in [-0.2, 0) is 21.5 Å². The lowest BCUT2D eigenvalue weighted by Gasteiger charge is -2.27. The summed E-state index contributed by atoms with van der Waals surface area (Å²) < 4.78 is 0. The second-order valence-electron chi connectivity index (χ2n) is 7.13. The van der Waals surface area contributed by atoms with Gasteiger partial charge in [0.15, 0.2) is 5.54 Å². The molecule has 2 aromatic carbocycles. The van der Waals surface area contributed by atoms with Crippen LogP contribution in [0.2, 0.25) is 0 Å². The molecule has 2 N–H and O–H groups in total. The molecule has 28 heavy (non-hydrogen) atoms. The number of carbonyl (C=O) groups is 3. The molecule has 0 unspecified atom stereocenters. The first-order valence-corrected chi connectivity index (χ1v) is 9.49. The van der Waals surface area contributed by atoms with E-state index in [1.807, 2.05) is 74.5 Å². The molecule has 1 fully saturated rings. The van der Waals surface area contributed by atoms with Gasteiger partial charge in [0.25, 0.3) is 5.91 Å². The first-order chi connectivity index (χ1) is 13.5. The van der Waals surface area contributed by atoms with Crippen molar-refractivity contribution in [1.29, 1.82) is 0 Å². The third kappa shape index (κ3) is 3.91. The first kappa shape index (κ1) is 19.6. The second-order valence-corrected chi connectivity index (χ2v) is 7.13. The summed E-state index contributed by atoms with van der Waals surface area (Å²) in [5.74, 6) is -0.756. The lowest BCUT2D eigenvalue weighted by atomic mass is 9.83. The van der Waals surface area contributed by atoms with Crippen molar-refractivity contribution in [2.24, 2.45) is 0 Å². The van der Waals surface area contributed by atoms with Gasteiger partial charge in [-0.3, -0.25) is 14.5 Å². The molecule has 3 rings (SSSR count). The van der Waals surface area contributed by atoms with Crippen molar-refractivity contribution in [1.82, 2.24) is 15.5 Å². The third-order valence-corrected chi connectivity index (χ3v) is 5.08. The Hall–Kier alpha value is -3.15. The highest BCUT2D eigenvalue weighted by molar-refractivity contribution is 6.09. The highest BCUT2D eigenvalue weighted by Crippen LogP contribution is 2.32. The van der Waals surface area contributed by atoms with E-state index in [-0.39, 0.29) is 18.5 Å². The molecule has 2 aromatic rings. The molecule has 4 amide bonds. The fourth-order valence-electron chi connectivity index (χ4n) is 3.38. The molecule has 1 aliphatic heterocycles. The van der Waals surface area contributed by atoms with Gasteiger partial charge in [-0.05, 0) is 24.5 Å². The summed E-state index contributed by atoms with van der Waals surface area (Å²) in [6.07, 6.45) is 1.08. The van der Waals surface area contributed by atoms with E-state index in [0.717, 1.165) is 16.9 Å². The minimum absolute atomic E-state index is 0.0172. The number of hydrogen-bond donors (Lipinski definition) is 2. The molecule has 0 aromatic heterocycles. The Bertz CT molecular complexity index is 854. The normalized spacial score (nSPS) is 20.0. The maximum atomic E-state index is 13.4. The topological polar surface area (TPSA) is 78.5 Å². The molecular weight excluding hydrogens is 354 g/mol. The van der Waals surface area contributed by atoms with E-state index in [1.165, 1.54) is 0 Å². The fraction of sp³-hybridized carbons (Fsp3) is 0.318. The number of imide groups is 1. The van der Waals surface area contributed by atoms with Gasteiger partial charge in [-0.2, -0.15) is 0 Å². The molecule has 6 heteroatoms. The number of carbonyl (C=O) groups excluding carboxylic acids is 3. The van der Waals surface area contributed by atoms with Crippen molar-refractivity contribution >= 4 is 17.8 Å². The second kappa shape index (κ2) is 8.25. The summed E-state index contributed by atoms with van der Waals surface area (Å²) in [5, 5.41) is 5.66. The van der Waals surface area contributed by atoms with Crippen molar-refractivity contribution in [3.63, 3.8) is 0 Å². The molecule has 0 spiro atoms. The lowest BCUT2D eigenvalue weighted by Crippen LogP contribution is -2.47. The fourth-order valence-corrected chi connectivity index (χ4v) is 3.38. The van der Waals surface area contributed by atoms with E-state index >= 15 is 0 Å². The largest absolute Gasteiger partial charge is 0.352 e. The van der Waals surface area contributed by atoms with Gasteiger partial charge < -0.3 is 10.6 Å². The number of rotatable bonds is 7. The van der Waals surface area contributed by atoms with Gasteiger partial charge in [0.2, 0.25) is 5.91 Å². The molecule has 1 aliphatic rings. The third-order valence-electron chi connectivity index (χ3n) is 5.08. The van der Waals surface area contributed by atoms with Crippen LogP contribution >= 0.6 is 0 Å². The Morgan fingerprint density at radius 2 is 1.68 bits per heavy atom. The Morgan fingerprint density at radius 1 is 1.07 bits per heavy atom. The van der Waals surface area contributed by atoms with Crippen LogP contribution in [-0.4, -0.2) is 35.3 Å². The van der Waals surface area contributed by atoms with E-state index in [9.17, 15) is 14.4 Å². The highest BCUT2D eigenvalue weighted by atomic mass is 16.2. The summed E-state index contributed by atoms with van der Waals surface area (Å²) in [6, 6.07) is 18.1. The quantitative estimate of drug-likeness (QED) is 0.726. The molecule has 0 radical (unpaired) electrons. The van der Waals surface area contributed by atoms with Crippen molar-refractivity contribution in [3.05, 3.63) is 71.8 Å². The highest BCUT2D eigenvalue weighted by Gasteiger charge is 2.52. The Kier molecular flexibility index (Phi) is 5.78. The smallest absolute Gasteiger partial charge is 0.325 e. The van der Waals surface area contributed by atoms with Crippen molar-refractivity contribution in [2.45, 2.75) is 38.3 Å². The van der Waals surface area contributed by atoms with Crippen LogP contribution in [0.5, 0.6) is 0 Å². The van der Waals surface area contributed by atoms with Crippen molar-refractivity contribution < 1.29 is 14.4 Å². The van der Waals surface area contributed by atoms with Gasteiger partial charge in [0.05, 0.1) is 0 Å². The maximum absolute atomic E-state index is 13.4. The molecular formula is C22H25N3O3. The summed E-state index contributed by atoms with van der Waals surface area (Å²) in [5.41, 5.74) is 0.393. The van der Waals surface area contributed by atoms with E-state index in [4.69, 9.17) is 0 Å². The average Bonchev–Trinajstić information content (AvgIpc) is 2.94. The molecule has 0 aliphatic carbocycles. The van der Waals surface area contributed by atoms with Crippen LogP contribution in [0.3, 0.4) is 0 Å². The predicted molar refractivity (Wildman–Crippen MR) is 106 cm³/mol. The molecule has 1 saturated heterocycles. The van der Waals surface area contributed by atoms with Crippen LogP contribution < -0.4 is 10.6 Å². The summed E-state index contributed by atoms with van der Waals surface area (Å²) >= 11 is 0. The lowest BCUT2D eigenvalue weighted by molar-refractivity contribution is -0.135. The minimum atomic E-state index is -1.23. The molecule has 146 valence electrons. The Morgan fingerprint density at radius 3 is 2.29 bits per heavy atom. The SMILES string of the molecule is CC[C@@H](C)NC(=O)CN1C(=O)N[C@](Cc2ccccc2)(c2ccccc2)C1=O. The zero-order chi connectivity index (χ0) is 20.1. The van der Waals surface area contributed by atoms with Crippen LogP contribution in [0.15, 0.2) is 60.7 Å². The van der Waals surface area contributed by atoms with E-state index in [2.05, 4.69) is 10.6 Å². The van der Waals surface area contributed by atoms with Crippen LogP contribution in [0.25, 0.3) is 0 Å². The minimum Gasteiger partial charge on any atom is -0.352 e. The molecule has 2 atom stereocenters. The summed E-state index contributed by atoms with van der Waals surface area (Å²) in [4.78, 5) is 39.4. The molecule has 6 nitrogen and oxygen atoms in total. The van der Waals surface area contributed by atoms with Gasteiger partial charge >= 0.3 is 6.03 Å². The first-order valence-electron chi connectivity index (χ1n) is 9.49. The van der Waals surface area contributed by atoms with Gasteiger partial charge in [-0.15, -0.1) is 0 Å². The summed E-state index contributed by atoms with van der Waals surface area (Å²) in [6.45, 7) is 3.55. The van der Waals surface area contributed by atoms with Crippen LogP contribution in [0, 0.1) is 0 Å². The molecule has 0 bridgehead atoms. The average molecular weight is 379 g/mol. The van der Waals surface area contributed by atoms with Crippen molar-refractivity contribution in [2.75, 3.05) is 6.54 Å². The van der Waals surface area contributed by atoms with E-state index in [0.29, 0.717) is 12.0 Å². The van der Waals surface area contributed by atoms with Gasteiger partial charge in [0, 0.05) is 12.5 Å². The van der Waals surface area contributed by atoms with Crippen LogP contribution in [0.4, 0.5) is 4.79 Å². The number of nitrogens with one attached hydrogen (secondary N) is 2. The molecule has 1 heterocycles. The predicted octanol–water partition coefficient (Wildman–Crippen LogP) is 2.59. The monoisotopic (exact) mass is 379 g/mol. The standard InChI is InChI=1S/C22H25N3O3/c1-3-16(2)23-19(26)15-25-20(27)22(24-21(25)28,18-12-8-5-9-13-18)14-17-10-6-4-7-11-17/h4-13,16H,3,14-15H2,1-2H3,(H,23,26)(H,24,28)/t16-,22-/m1/s1. The van der Waals surface area contributed by atoms with Crippen molar-refractivity contribution in [3.8, 4) is 0 Å². The zero-order valence-corrected chi connectivity index (χ0v) is 16.1. The maximum Gasteiger partial charge on any atom is 0.325 e. The van der Waals surface area contributed by atoms with Gasteiger partial charge in [0.1, 0.15) is 6.54 Å². The Balaban J connectivity index is 1.91. The van der Waals surface area contributed by atoms with Gasteiger partial charge in [-0.1, -0.05) is 67.6 Å². The Labute approximate surface area is 164 Å². The zero-order valence-electron chi connectivity index (χ0n) is 16.1.